The van der Waals surface area contributed by atoms with E-state index in [1.165, 1.54) is 56.3 Å². The van der Waals surface area contributed by atoms with E-state index in [4.69, 9.17) is 16.3 Å². The van der Waals surface area contributed by atoms with Gasteiger partial charge in [0.15, 0.2) is 5.75 Å². The highest BCUT2D eigenvalue weighted by atomic mass is 35.5. The number of fused-ring (bicyclic) bond motifs is 1. The van der Waals surface area contributed by atoms with Crippen LogP contribution in [0.3, 0.4) is 0 Å². The smallest absolute Gasteiger partial charge is 0.308 e. The molecule has 0 aliphatic carbocycles. The molecule has 0 aliphatic rings. The summed E-state index contributed by atoms with van der Waals surface area (Å²) in [7, 11) is -3.96. The number of hydrogen-bond donors (Lipinski definition) is 1. The first-order valence-corrected chi connectivity index (χ1v) is 9.07. The lowest BCUT2D eigenvalue weighted by molar-refractivity contribution is -0.131. The summed E-state index contributed by atoms with van der Waals surface area (Å²) in [6.45, 7) is 2.75. The first-order valence-electron chi connectivity index (χ1n) is 7.25. The van der Waals surface area contributed by atoms with E-state index in [1.54, 1.807) is 0 Å². The van der Waals surface area contributed by atoms with Crippen LogP contribution in [0.2, 0.25) is 5.02 Å². The van der Waals surface area contributed by atoms with E-state index in [1.807, 2.05) is 0 Å². The number of hydrogen-bond acceptors (Lipinski definition) is 5. The minimum absolute atomic E-state index is 0.0411. The molecular weight excluding hydrogens is 366 g/mol. The second-order valence-electron chi connectivity index (χ2n) is 5.43. The zero-order valence-electron chi connectivity index (χ0n) is 13.4. The van der Waals surface area contributed by atoms with Crippen molar-refractivity contribution >= 4 is 38.5 Å². The van der Waals surface area contributed by atoms with Gasteiger partial charge in [-0.15, -0.1) is 0 Å². The molecule has 25 heavy (non-hydrogen) atoms. The molecule has 1 N–H and O–H groups in total. The third kappa shape index (κ3) is 2.96. The summed E-state index contributed by atoms with van der Waals surface area (Å²) in [6, 6.07) is 9.94. The maximum Gasteiger partial charge on any atom is 0.308 e. The van der Waals surface area contributed by atoms with Crippen LogP contribution in [-0.2, 0) is 14.8 Å². The standard InChI is InChI=1S/C17H14ClNO5S/c1-10-17(24-11(2)20)15-9-13(21)5-8-16(15)19(10)25(22,23)14-6-3-12(18)4-7-14/h3-9,21H,1-2H3. The van der Waals surface area contributed by atoms with E-state index >= 15 is 0 Å². The Balaban J connectivity index is 2.34. The van der Waals surface area contributed by atoms with E-state index in [0.717, 1.165) is 3.97 Å². The zero-order chi connectivity index (χ0) is 18.4. The summed E-state index contributed by atoms with van der Waals surface area (Å²) in [4.78, 5) is 11.4. The van der Waals surface area contributed by atoms with Crippen molar-refractivity contribution in [3.05, 3.63) is 53.2 Å². The van der Waals surface area contributed by atoms with Gasteiger partial charge in [0, 0.05) is 17.3 Å². The van der Waals surface area contributed by atoms with Crippen LogP contribution in [0.4, 0.5) is 0 Å². The fourth-order valence-electron chi connectivity index (χ4n) is 2.65. The molecule has 8 heteroatoms. The topological polar surface area (TPSA) is 85.6 Å². The largest absolute Gasteiger partial charge is 0.508 e. The van der Waals surface area contributed by atoms with Crippen molar-refractivity contribution < 1.29 is 23.1 Å². The van der Waals surface area contributed by atoms with Crippen molar-refractivity contribution in [3.8, 4) is 11.5 Å². The molecule has 0 fully saturated rings. The third-order valence-corrected chi connectivity index (χ3v) is 5.75. The summed E-state index contributed by atoms with van der Waals surface area (Å²) < 4.78 is 32.4. The van der Waals surface area contributed by atoms with Gasteiger partial charge in [0.1, 0.15) is 5.75 Å². The Kier molecular flexibility index (Phi) is 4.22. The van der Waals surface area contributed by atoms with Crippen molar-refractivity contribution in [1.29, 1.82) is 0 Å². The number of benzene rings is 2. The Labute approximate surface area is 149 Å². The summed E-state index contributed by atoms with van der Waals surface area (Å²) in [5, 5.41) is 10.5. The van der Waals surface area contributed by atoms with Crippen LogP contribution < -0.4 is 4.74 Å². The van der Waals surface area contributed by atoms with Crippen molar-refractivity contribution in [3.63, 3.8) is 0 Å². The summed E-state index contributed by atoms with van der Waals surface area (Å²) in [5.41, 5.74) is 0.521. The van der Waals surface area contributed by atoms with Crippen molar-refractivity contribution in [1.82, 2.24) is 3.97 Å². The van der Waals surface area contributed by atoms with Crippen LogP contribution in [0.1, 0.15) is 12.6 Å². The maximum atomic E-state index is 13.1. The van der Waals surface area contributed by atoms with Crippen LogP contribution in [-0.4, -0.2) is 23.5 Å². The number of nitrogens with zero attached hydrogens (tertiary/aromatic N) is 1. The number of carbonyl (C=O) groups excluding carboxylic acids is 1. The van der Waals surface area contributed by atoms with Crippen molar-refractivity contribution in [2.24, 2.45) is 0 Å². The minimum atomic E-state index is -3.96. The molecule has 0 radical (unpaired) electrons. The highest BCUT2D eigenvalue weighted by Crippen LogP contribution is 2.37. The number of phenols is 1. The maximum absolute atomic E-state index is 13.1. The lowest BCUT2D eigenvalue weighted by atomic mass is 10.2. The average molecular weight is 380 g/mol. The molecule has 2 aromatic carbocycles. The van der Waals surface area contributed by atoms with Crippen molar-refractivity contribution in [2.45, 2.75) is 18.7 Å². The Morgan fingerprint density at radius 2 is 1.80 bits per heavy atom. The quantitative estimate of drug-likeness (QED) is 0.704. The van der Waals surface area contributed by atoms with Crippen LogP contribution in [0.5, 0.6) is 11.5 Å². The van der Waals surface area contributed by atoms with Crippen LogP contribution in [0.25, 0.3) is 10.9 Å². The van der Waals surface area contributed by atoms with Crippen molar-refractivity contribution in [2.75, 3.05) is 0 Å². The molecule has 3 rings (SSSR count). The van der Waals surface area contributed by atoms with Gasteiger partial charge >= 0.3 is 5.97 Å². The Morgan fingerprint density at radius 3 is 2.40 bits per heavy atom. The van der Waals surface area contributed by atoms with E-state index < -0.39 is 16.0 Å². The van der Waals surface area contributed by atoms with E-state index in [-0.39, 0.29) is 22.1 Å². The second-order valence-corrected chi connectivity index (χ2v) is 7.66. The third-order valence-electron chi connectivity index (χ3n) is 3.67. The van der Waals surface area contributed by atoms with E-state index in [2.05, 4.69) is 0 Å². The number of phenolic OH excluding ortho intramolecular Hbond substituents is 1. The monoisotopic (exact) mass is 379 g/mol. The highest BCUT2D eigenvalue weighted by molar-refractivity contribution is 7.90. The average Bonchev–Trinajstić information content (AvgIpc) is 2.80. The van der Waals surface area contributed by atoms with Gasteiger partial charge in [0.25, 0.3) is 10.0 Å². The van der Waals surface area contributed by atoms with E-state index in [9.17, 15) is 18.3 Å². The predicted molar refractivity (Wildman–Crippen MR) is 93.7 cm³/mol. The first kappa shape index (κ1) is 17.3. The van der Waals surface area contributed by atoms with Crippen LogP contribution >= 0.6 is 11.6 Å². The summed E-state index contributed by atoms with van der Waals surface area (Å²) >= 11 is 5.83. The molecule has 0 saturated heterocycles. The molecule has 1 heterocycles. The SMILES string of the molecule is CC(=O)Oc1c(C)n(S(=O)(=O)c2ccc(Cl)cc2)c2ccc(O)cc12. The Hall–Kier alpha value is -2.51. The van der Waals surface area contributed by atoms with E-state index in [0.29, 0.717) is 15.9 Å². The summed E-state index contributed by atoms with van der Waals surface area (Å²) in [5.74, 6) is -0.563. The number of esters is 1. The minimum Gasteiger partial charge on any atom is -0.508 e. The normalized spacial score (nSPS) is 11.6. The van der Waals surface area contributed by atoms with Gasteiger partial charge in [-0.1, -0.05) is 11.6 Å². The number of aromatic hydroxyl groups is 1. The number of rotatable bonds is 3. The molecular formula is C17H14ClNO5S. The van der Waals surface area contributed by atoms with Gasteiger partial charge in [-0.3, -0.25) is 4.79 Å². The number of aromatic nitrogens is 1. The van der Waals surface area contributed by atoms with Gasteiger partial charge in [-0.05, 0) is 49.4 Å². The molecule has 0 aliphatic heterocycles. The lowest BCUT2D eigenvalue weighted by Gasteiger charge is -2.10. The Morgan fingerprint density at radius 1 is 1.16 bits per heavy atom. The van der Waals surface area contributed by atoms with Crippen LogP contribution in [0.15, 0.2) is 47.4 Å². The van der Waals surface area contributed by atoms with Gasteiger partial charge < -0.3 is 9.84 Å². The fourth-order valence-corrected chi connectivity index (χ4v) is 4.32. The molecule has 0 unspecified atom stereocenters. The number of ether oxygens (including phenoxy) is 1. The molecule has 0 saturated carbocycles. The first-order chi connectivity index (χ1) is 11.7. The predicted octanol–water partition coefficient (Wildman–Crippen LogP) is 3.47. The number of halogens is 1. The van der Waals surface area contributed by atoms with Gasteiger partial charge in [0.2, 0.25) is 0 Å². The highest BCUT2D eigenvalue weighted by Gasteiger charge is 2.26. The zero-order valence-corrected chi connectivity index (χ0v) is 14.9. The lowest BCUT2D eigenvalue weighted by Crippen LogP contribution is -2.14. The summed E-state index contributed by atoms with van der Waals surface area (Å²) in [6.07, 6.45) is 0. The second kappa shape index (κ2) is 6.09. The molecule has 0 amide bonds. The fraction of sp³-hybridized carbons (Fsp3) is 0.118. The molecule has 6 nitrogen and oxygen atoms in total. The van der Waals surface area contributed by atoms with Gasteiger partial charge in [-0.25, -0.2) is 12.4 Å². The number of carbonyl (C=O) groups is 1. The molecule has 0 atom stereocenters. The molecule has 0 bridgehead atoms. The Bertz CT molecular complexity index is 1080. The molecule has 130 valence electrons. The molecule has 1 aromatic heterocycles. The van der Waals surface area contributed by atoms with Gasteiger partial charge in [0.05, 0.1) is 16.1 Å². The van der Waals surface area contributed by atoms with Gasteiger partial charge in [-0.2, -0.15) is 0 Å². The molecule has 3 aromatic rings. The molecule has 0 spiro atoms. The van der Waals surface area contributed by atoms with Crippen LogP contribution in [0, 0.1) is 6.92 Å².